The van der Waals surface area contributed by atoms with E-state index in [2.05, 4.69) is 10.2 Å². The molecular weight excluding hydrogens is 212 g/mol. The van der Waals surface area contributed by atoms with Crippen LogP contribution in [0, 0.1) is 5.92 Å². The summed E-state index contributed by atoms with van der Waals surface area (Å²) >= 11 is 0. The molecule has 1 saturated heterocycles. The molecule has 1 N–H and O–H groups in total. The molecule has 0 aromatic carbocycles. The maximum absolute atomic E-state index is 5.12. The Morgan fingerprint density at radius 1 is 1.12 bits per heavy atom. The Hall–Kier alpha value is -0.120. The predicted octanol–water partition coefficient (Wildman–Crippen LogP) is 1.88. The van der Waals surface area contributed by atoms with Gasteiger partial charge in [0, 0.05) is 26.3 Å². The number of nitrogens with one attached hydrogen (secondary N) is 1. The zero-order valence-electron chi connectivity index (χ0n) is 11.3. The average Bonchev–Trinajstić information content (AvgIpc) is 3.19. The molecule has 2 rings (SSSR count). The van der Waals surface area contributed by atoms with Crippen LogP contribution in [0.1, 0.15) is 38.5 Å². The number of unbranched alkanes of at least 4 members (excludes halogenated alkanes) is 1. The minimum atomic E-state index is 0.922. The highest BCUT2D eigenvalue weighted by Gasteiger charge is 2.30. The van der Waals surface area contributed by atoms with Gasteiger partial charge in [-0.05, 0) is 64.1 Å². The minimum absolute atomic E-state index is 0.922. The molecule has 17 heavy (non-hydrogen) atoms. The fourth-order valence-corrected chi connectivity index (χ4v) is 2.82. The molecular formula is C14H28N2O. The molecule has 2 fully saturated rings. The van der Waals surface area contributed by atoms with E-state index in [0.717, 1.165) is 18.6 Å². The zero-order chi connectivity index (χ0) is 11.9. The molecule has 1 saturated carbocycles. The number of ether oxygens (including phenoxy) is 1. The molecule has 0 unspecified atom stereocenters. The van der Waals surface area contributed by atoms with Crippen LogP contribution in [0.5, 0.6) is 0 Å². The molecule has 3 heteroatoms. The van der Waals surface area contributed by atoms with Gasteiger partial charge in [-0.15, -0.1) is 0 Å². The highest BCUT2D eigenvalue weighted by atomic mass is 16.5. The summed E-state index contributed by atoms with van der Waals surface area (Å²) < 4.78 is 5.12. The summed E-state index contributed by atoms with van der Waals surface area (Å²) in [6.07, 6.45) is 8.15. The molecule has 0 aromatic heterocycles. The van der Waals surface area contributed by atoms with Crippen LogP contribution < -0.4 is 5.32 Å². The van der Waals surface area contributed by atoms with Crippen molar-refractivity contribution in [1.82, 2.24) is 10.2 Å². The fourth-order valence-electron chi connectivity index (χ4n) is 2.82. The average molecular weight is 240 g/mol. The quantitative estimate of drug-likeness (QED) is 0.656. The van der Waals surface area contributed by atoms with E-state index in [9.17, 15) is 0 Å². The molecule has 0 atom stereocenters. The molecule has 3 nitrogen and oxygen atoms in total. The normalized spacial score (nSPS) is 22.2. The number of hydrogen-bond acceptors (Lipinski definition) is 3. The monoisotopic (exact) mass is 240 g/mol. The van der Waals surface area contributed by atoms with E-state index >= 15 is 0 Å². The lowest BCUT2D eigenvalue weighted by atomic mass is 9.97. The summed E-state index contributed by atoms with van der Waals surface area (Å²) in [5.74, 6) is 0.944. The smallest absolute Gasteiger partial charge is 0.0462 e. The van der Waals surface area contributed by atoms with Crippen molar-refractivity contribution in [1.29, 1.82) is 0 Å². The SMILES string of the molecule is COCCCCN(CC1CCNCC1)C1CC1. The van der Waals surface area contributed by atoms with Crippen molar-refractivity contribution < 1.29 is 4.74 Å². The second-order valence-electron chi connectivity index (χ2n) is 5.62. The van der Waals surface area contributed by atoms with Crippen molar-refractivity contribution in [2.45, 2.75) is 44.6 Å². The van der Waals surface area contributed by atoms with Crippen LogP contribution in [-0.2, 0) is 4.74 Å². The summed E-state index contributed by atoms with van der Waals surface area (Å²) in [7, 11) is 1.80. The molecule has 0 spiro atoms. The van der Waals surface area contributed by atoms with E-state index < -0.39 is 0 Å². The molecule has 2 aliphatic rings. The first kappa shape index (κ1) is 13.3. The zero-order valence-corrected chi connectivity index (χ0v) is 11.3. The molecule has 0 radical (unpaired) electrons. The van der Waals surface area contributed by atoms with Crippen molar-refractivity contribution in [2.75, 3.05) is 39.9 Å². The van der Waals surface area contributed by atoms with E-state index in [4.69, 9.17) is 4.74 Å². The van der Waals surface area contributed by atoms with Gasteiger partial charge in [0.25, 0.3) is 0 Å². The van der Waals surface area contributed by atoms with Crippen molar-refractivity contribution in [3.8, 4) is 0 Å². The molecule has 1 aliphatic carbocycles. The molecule has 1 heterocycles. The van der Waals surface area contributed by atoms with Gasteiger partial charge in [-0.1, -0.05) is 0 Å². The second-order valence-corrected chi connectivity index (χ2v) is 5.62. The van der Waals surface area contributed by atoms with Gasteiger partial charge in [-0.2, -0.15) is 0 Å². The standard InChI is InChI=1S/C14H28N2O/c1-17-11-3-2-10-16(14-4-5-14)12-13-6-8-15-9-7-13/h13-15H,2-12H2,1H3. The number of methoxy groups -OCH3 is 1. The van der Waals surface area contributed by atoms with Gasteiger partial charge >= 0.3 is 0 Å². The van der Waals surface area contributed by atoms with Crippen molar-refractivity contribution in [2.24, 2.45) is 5.92 Å². The van der Waals surface area contributed by atoms with Gasteiger partial charge in [0.05, 0.1) is 0 Å². The molecule has 0 amide bonds. The Morgan fingerprint density at radius 2 is 1.88 bits per heavy atom. The summed E-state index contributed by atoms with van der Waals surface area (Å²) in [5.41, 5.74) is 0. The maximum atomic E-state index is 5.12. The van der Waals surface area contributed by atoms with Gasteiger partial charge in [-0.25, -0.2) is 0 Å². The summed E-state index contributed by atoms with van der Waals surface area (Å²) in [6, 6.07) is 0.924. The summed E-state index contributed by atoms with van der Waals surface area (Å²) in [6.45, 7) is 6.02. The molecule has 1 aliphatic heterocycles. The van der Waals surface area contributed by atoms with Gasteiger partial charge in [0.2, 0.25) is 0 Å². The lowest BCUT2D eigenvalue weighted by Crippen LogP contribution is -2.37. The molecule has 0 aromatic rings. The Morgan fingerprint density at radius 3 is 2.53 bits per heavy atom. The van der Waals surface area contributed by atoms with E-state index in [-0.39, 0.29) is 0 Å². The maximum Gasteiger partial charge on any atom is 0.0462 e. The van der Waals surface area contributed by atoms with E-state index in [1.54, 1.807) is 7.11 Å². The lowest BCUT2D eigenvalue weighted by Gasteiger charge is -2.30. The van der Waals surface area contributed by atoms with Crippen LogP contribution in [0.2, 0.25) is 0 Å². The van der Waals surface area contributed by atoms with Gasteiger partial charge < -0.3 is 15.0 Å². The summed E-state index contributed by atoms with van der Waals surface area (Å²) in [4.78, 5) is 2.76. The fraction of sp³-hybridized carbons (Fsp3) is 1.00. The van der Waals surface area contributed by atoms with Crippen LogP contribution in [-0.4, -0.2) is 50.8 Å². The third kappa shape index (κ3) is 4.94. The number of nitrogens with zero attached hydrogens (tertiary/aromatic N) is 1. The van der Waals surface area contributed by atoms with Crippen LogP contribution in [0.25, 0.3) is 0 Å². The van der Waals surface area contributed by atoms with E-state index in [1.165, 1.54) is 64.7 Å². The van der Waals surface area contributed by atoms with E-state index in [1.807, 2.05) is 0 Å². The first-order valence-corrected chi connectivity index (χ1v) is 7.34. The van der Waals surface area contributed by atoms with Crippen LogP contribution in [0.3, 0.4) is 0 Å². The Balaban J connectivity index is 1.65. The number of piperidine rings is 1. The first-order valence-electron chi connectivity index (χ1n) is 7.34. The summed E-state index contributed by atoms with van der Waals surface area (Å²) in [5, 5.41) is 3.46. The van der Waals surface area contributed by atoms with Gasteiger partial charge in [-0.3, -0.25) is 0 Å². The third-order valence-electron chi connectivity index (χ3n) is 4.06. The Bertz CT molecular complexity index is 200. The van der Waals surface area contributed by atoms with Crippen LogP contribution in [0.15, 0.2) is 0 Å². The van der Waals surface area contributed by atoms with Crippen LogP contribution >= 0.6 is 0 Å². The number of rotatable bonds is 8. The second kappa shape index (κ2) is 7.34. The van der Waals surface area contributed by atoms with E-state index in [0.29, 0.717) is 0 Å². The third-order valence-corrected chi connectivity index (χ3v) is 4.06. The largest absolute Gasteiger partial charge is 0.385 e. The first-order chi connectivity index (χ1) is 8.40. The van der Waals surface area contributed by atoms with Crippen molar-refractivity contribution in [3.63, 3.8) is 0 Å². The minimum Gasteiger partial charge on any atom is -0.385 e. The topological polar surface area (TPSA) is 24.5 Å². The van der Waals surface area contributed by atoms with Gasteiger partial charge in [0.15, 0.2) is 0 Å². The Labute approximate surface area is 106 Å². The highest BCUT2D eigenvalue weighted by Crippen LogP contribution is 2.29. The predicted molar refractivity (Wildman–Crippen MR) is 71.3 cm³/mol. The molecule has 0 bridgehead atoms. The highest BCUT2D eigenvalue weighted by molar-refractivity contribution is 4.86. The molecule has 100 valence electrons. The number of hydrogen-bond donors (Lipinski definition) is 1. The van der Waals surface area contributed by atoms with Crippen molar-refractivity contribution >= 4 is 0 Å². The Kier molecular flexibility index (Phi) is 5.75. The van der Waals surface area contributed by atoms with Crippen LogP contribution in [0.4, 0.5) is 0 Å². The van der Waals surface area contributed by atoms with Crippen molar-refractivity contribution in [3.05, 3.63) is 0 Å². The lowest BCUT2D eigenvalue weighted by molar-refractivity contribution is 0.169. The van der Waals surface area contributed by atoms with Gasteiger partial charge in [0.1, 0.15) is 0 Å².